The van der Waals surface area contributed by atoms with Crippen molar-refractivity contribution in [3.8, 4) is 0 Å². The van der Waals surface area contributed by atoms with E-state index in [0.29, 0.717) is 29.9 Å². The summed E-state index contributed by atoms with van der Waals surface area (Å²) in [4.78, 5) is 11.8. The van der Waals surface area contributed by atoms with Crippen molar-refractivity contribution in [2.45, 2.75) is 19.4 Å². The molecule has 2 rings (SSSR count). The second kappa shape index (κ2) is 5.70. The molecule has 1 heterocycles. The molecule has 1 aliphatic rings. The topological polar surface area (TPSA) is 101 Å². The molecule has 6 nitrogen and oxygen atoms in total. The normalized spacial score (nSPS) is 20.6. The highest BCUT2D eigenvalue weighted by atomic mass is 32.2. The van der Waals surface area contributed by atoms with Crippen LogP contribution in [0.2, 0.25) is 0 Å². The van der Waals surface area contributed by atoms with E-state index in [1.54, 1.807) is 18.2 Å². The summed E-state index contributed by atoms with van der Waals surface area (Å²) >= 11 is 0. The molecule has 0 bridgehead atoms. The van der Waals surface area contributed by atoms with Crippen molar-refractivity contribution < 1.29 is 13.2 Å². The maximum atomic E-state index is 11.8. The van der Waals surface area contributed by atoms with Crippen LogP contribution in [0.1, 0.15) is 23.7 Å². The number of sulfone groups is 1. The number of nitrogens with two attached hydrogens (primary N) is 1. The van der Waals surface area contributed by atoms with E-state index in [0.717, 1.165) is 0 Å². The second-order valence-corrected chi connectivity index (χ2v) is 7.13. The molecule has 110 valence electrons. The Morgan fingerprint density at radius 1 is 1.45 bits per heavy atom. The first kappa shape index (κ1) is 14.6. The van der Waals surface area contributed by atoms with E-state index in [1.165, 1.54) is 0 Å². The number of nitrogen functional groups attached to an aromatic ring is 1. The van der Waals surface area contributed by atoms with E-state index in [-0.39, 0.29) is 23.5 Å². The van der Waals surface area contributed by atoms with Crippen LogP contribution in [0, 0.1) is 0 Å². The monoisotopic (exact) mass is 297 g/mol. The third kappa shape index (κ3) is 3.41. The number of carbonyl (C=O) groups excluding carboxylic acids is 1. The molecule has 20 heavy (non-hydrogen) atoms. The average molecular weight is 297 g/mol. The van der Waals surface area contributed by atoms with E-state index >= 15 is 0 Å². The van der Waals surface area contributed by atoms with E-state index in [4.69, 9.17) is 5.73 Å². The van der Waals surface area contributed by atoms with E-state index in [2.05, 4.69) is 10.6 Å². The molecular formula is C13H19N3O3S. The Kier molecular flexibility index (Phi) is 4.17. The SMILES string of the molecule is CCNC(=O)c1ccc(N)c(NC2CCS(=O)(=O)C2)c1. The van der Waals surface area contributed by atoms with Crippen LogP contribution in [0.25, 0.3) is 0 Å². The minimum Gasteiger partial charge on any atom is -0.397 e. The van der Waals surface area contributed by atoms with E-state index < -0.39 is 9.84 Å². The lowest BCUT2D eigenvalue weighted by molar-refractivity contribution is 0.0956. The van der Waals surface area contributed by atoms with Gasteiger partial charge in [-0.3, -0.25) is 4.79 Å². The number of hydrogen-bond acceptors (Lipinski definition) is 5. The van der Waals surface area contributed by atoms with E-state index in [1.807, 2.05) is 6.92 Å². The predicted octanol–water partition coefficient (Wildman–Crippen LogP) is 0.617. The number of rotatable bonds is 4. The first-order chi connectivity index (χ1) is 9.41. The summed E-state index contributed by atoms with van der Waals surface area (Å²) in [6.45, 7) is 2.39. The Balaban J connectivity index is 2.15. The Morgan fingerprint density at radius 2 is 2.20 bits per heavy atom. The zero-order valence-corrected chi connectivity index (χ0v) is 12.2. The Hall–Kier alpha value is -1.76. The zero-order chi connectivity index (χ0) is 14.8. The molecular weight excluding hydrogens is 278 g/mol. The molecule has 1 atom stereocenters. The fraction of sp³-hybridized carbons (Fsp3) is 0.462. The van der Waals surface area contributed by atoms with Gasteiger partial charge in [0, 0.05) is 18.2 Å². The van der Waals surface area contributed by atoms with Gasteiger partial charge >= 0.3 is 0 Å². The fourth-order valence-electron chi connectivity index (χ4n) is 2.21. The van der Waals surface area contributed by atoms with Gasteiger partial charge in [0.1, 0.15) is 0 Å². The molecule has 0 saturated carbocycles. The van der Waals surface area contributed by atoms with Crippen LogP contribution in [0.3, 0.4) is 0 Å². The summed E-state index contributed by atoms with van der Waals surface area (Å²) in [5, 5.41) is 5.83. The second-order valence-electron chi connectivity index (χ2n) is 4.91. The van der Waals surface area contributed by atoms with E-state index in [9.17, 15) is 13.2 Å². The molecule has 1 aromatic rings. The molecule has 1 aliphatic heterocycles. The predicted molar refractivity (Wildman–Crippen MR) is 79.5 cm³/mol. The van der Waals surface area contributed by atoms with Crippen molar-refractivity contribution in [1.29, 1.82) is 0 Å². The third-order valence-corrected chi connectivity index (χ3v) is 5.01. The van der Waals surface area contributed by atoms with Crippen molar-refractivity contribution in [2.75, 3.05) is 29.1 Å². The zero-order valence-electron chi connectivity index (χ0n) is 11.3. The van der Waals surface area contributed by atoms with Gasteiger partial charge in [-0.15, -0.1) is 0 Å². The number of benzene rings is 1. The van der Waals surface area contributed by atoms with Crippen LogP contribution in [0.15, 0.2) is 18.2 Å². The van der Waals surface area contributed by atoms with Crippen LogP contribution in [-0.4, -0.2) is 38.4 Å². The van der Waals surface area contributed by atoms with Crippen LogP contribution in [0.5, 0.6) is 0 Å². The van der Waals surface area contributed by atoms with Gasteiger partial charge < -0.3 is 16.4 Å². The summed E-state index contributed by atoms with van der Waals surface area (Å²) in [6, 6.07) is 4.81. The van der Waals surface area contributed by atoms with Gasteiger partial charge in [0.2, 0.25) is 0 Å². The van der Waals surface area contributed by atoms with Gasteiger partial charge in [-0.2, -0.15) is 0 Å². The number of nitrogens with one attached hydrogen (secondary N) is 2. The Bertz CT molecular complexity index is 613. The minimum atomic E-state index is -2.95. The highest BCUT2D eigenvalue weighted by molar-refractivity contribution is 7.91. The van der Waals surface area contributed by atoms with Gasteiger partial charge in [0.05, 0.1) is 22.9 Å². The molecule has 1 amide bonds. The summed E-state index contributed by atoms with van der Waals surface area (Å²) in [5.74, 6) is 0.132. The van der Waals surface area contributed by atoms with Gasteiger partial charge in [-0.25, -0.2) is 8.42 Å². The highest BCUT2D eigenvalue weighted by Gasteiger charge is 2.28. The molecule has 0 aromatic heterocycles. The van der Waals surface area contributed by atoms with Crippen LogP contribution in [0.4, 0.5) is 11.4 Å². The molecule has 0 radical (unpaired) electrons. The number of anilines is 2. The molecule has 0 spiro atoms. The molecule has 7 heteroatoms. The van der Waals surface area contributed by atoms with Crippen LogP contribution in [-0.2, 0) is 9.84 Å². The van der Waals surface area contributed by atoms with Crippen LogP contribution >= 0.6 is 0 Å². The number of hydrogen-bond donors (Lipinski definition) is 3. The first-order valence-corrected chi connectivity index (χ1v) is 8.38. The third-order valence-electron chi connectivity index (χ3n) is 3.24. The highest BCUT2D eigenvalue weighted by Crippen LogP contribution is 2.24. The largest absolute Gasteiger partial charge is 0.397 e. The van der Waals surface area contributed by atoms with Crippen molar-refractivity contribution >= 4 is 27.1 Å². The summed E-state index contributed by atoms with van der Waals surface area (Å²) in [6.07, 6.45) is 0.563. The Morgan fingerprint density at radius 3 is 2.80 bits per heavy atom. The van der Waals surface area contributed by atoms with Gasteiger partial charge in [0.15, 0.2) is 9.84 Å². The molecule has 0 aliphatic carbocycles. The molecule has 1 fully saturated rings. The van der Waals surface area contributed by atoms with Gasteiger partial charge in [0.25, 0.3) is 5.91 Å². The molecule has 1 saturated heterocycles. The molecule has 4 N–H and O–H groups in total. The van der Waals surface area contributed by atoms with Gasteiger partial charge in [-0.05, 0) is 31.5 Å². The number of amides is 1. The molecule has 1 aromatic carbocycles. The lowest BCUT2D eigenvalue weighted by Crippen LogP contribution is -2.24. The van der Waals surface area contributed by atoms with Gasteiger partial charge in [-0.1, -0.05) is 0 Å². The van der Waals surface area contributed by atoms with Crippen molar-refractivity contribution in [3.05, 3.63) is 23.8 Å². The maximum Gasteiger partial charge on any atom is 0.251 e. The summed E-state index contributed by atoms with van der Waals surface area (Å²) in [5.41, 5.74) is 7.48. The Labute approximate surface area is 118 Å². The lowest BCUT2D eigenvalue weighted by atomic mass is 10.1. The van der Waals surface area contributed by atoms with Crippen LogP contribution < -0.4 is 16.4 Å². The quantitative estimate of drug-likeness (QED) is 0.707. The average Bonchev–Trinajstić information content (AvgIpc) is 2.72. The lowest BCUT2D eigenvalue weighted by Gasteiger charge is -2.15. The summed E-state index contributed by atoms with van der Waals surface area (Å²) < 4.78 is 22.9. The minimum absolute atomic E-state index is 0.109. The van der Waals surface area contributed by atoms with Crippen molar-refractivity contribution in [2.24, 2.45) is 0 Å². The standard InChI is InChI=1S/C13H19N3O3S/c1-2-15-13(17)9-3-4-11(14)12(7-9)16-10-5-6-20(18,19)8-10/h3-4,7,10,16H,2,5-6,8,14H2,1H3,(H,15,17). The summed E-state index contributed by atoms with van der Waals surface area (Å²) in [7, 11) is -2.95. The fourth-order valence-corrected chi connectivity index (χ4v) is 3.89. The first-order valence-electron chi connectivity index (χ1n) is 6.56. The van der Waals surface area contributed by atoms with Crippen molar-refractivity contribution in [3.63, 3.8) is 0 Å². The smallest absolute Gasteiger partial charge is 0.251 e. The molecule has 1 unspecified atom stereocenters. The number of carbonyl (C=O) groups is 1. The van der Waals surface area contributed by atoms with Crippen molar-refractivity contribution in [1.82, 2.24) is 5.32 Å². The maximum absolute atomic E-state index is 11.8.